The number of halogens is 1. The summed E-state index contributed by atoms with van der Waals surface area (Å²) in [6.07, 6.45) is 1.59. The number of nitrogens with zero attached hydrogens (tertiary/aromatic N) is 1. The molecule has 21 heavy (non-hydrogen) atoms. The summed E-state index contributed by atoms with van der Waals surface area (Å²) < 4.78 is 28.1. The van der Waals surface area contributed by atoms with E-state index in [4.69, 9.17) is 0 Å². The molecule has 0 aliphatic carbocycles. The number of nitrogens with one attached hydrogen (secondary N) is 2. The molecule has 8 heteroatoms. The fourth-order valence-electron chi connectivity index (χ4n) is 1.88. The van der Waals surface area contributed by atoms with Gasteiger partial charge < -0.3 is 5.11 Å². The zero-order valence-electron chi connectivity index (χ0n) is 11.6. The van der Waals surface area contributed by atoms with E-state index in [1.165, 1.54) is 6.07 Å². The van der Waals surface area contributed by atoms with E-state index in [-0.39, 0.29) is 18.0 Å². The second-order valence-corrected chi connectivity index (χ2v) is 7.29. The predicted molar refractivity (Wildman–Crippen MR) is 82.2 cm³/mol. The van der Waals surface area contributed by atoms with Crippen LogP contribution < -0.4 is 4.72 Å². The molecule has 1 heterocycles. The van der Waals surface area contributed by atoms with Gasteiger partial charge in [0.1, 0.15) is 0 Å². The summed E-state index contributed by atoms with van der Waals surface area (Å²) in [7, 11) is -3.67. The molecule has 2 rings (SSSR count). The lowest BCUT2D eigenvalue weighted by Gasteiger charge is -2.12. The number of aliphatic hydroxyl groups excluding tert-OH is 1. The zero-order valence-corrected chi connectivity index (χ0v) is 14.0. The van der Waals surface area contributed by atoms with Crippen LogP contribution in [0.4, 0.5) is 0 Å². The van der Waals surface area contributed by atoms with Gasteiger partial charge in [0.25, 0.3) is 0 Å². The first kappa shape index (κ1) is 16.2. The number of aryl methyl sites for hydroxylation is 1. The van der Waals surface area contributed by atoms with Crippen LogP contribution in [0.1, 0.15) is 22.4 Å². The molecule has 0 amide bonds. The van der Waals surface area contributed by atoms with Crippen molar-refractivity contribution in [3.05, 3.63) is 45.2 Å². The predicted octanol–water partition coefficient (Wildman–Crippen LogP) is 1.76. The van der Waals surface area contributed by atoms with Crippen LogP contribution in [0.5, 0.6) is 0 Å². The molecule has 0 aliphatic rings. The maximum Gasteiger partial charge on any atom is 0.241 e. The highest BCUT2D eigenvalue weighted by molar-refractivity contribution is 9.10. The number of hydrogen-bond acceptors (Lipinski definition) is 4. The lowest BCUT2D eigenvalue weighted by molar-refractivity contribution is 0.281. The standard InChI is InChI=1S/C13H16BrN3O3S/c1-8-12(14)3-10(7-18)4-13(8)21(19,20)16-6-11-5-15-17-9(11)2/h3-5,16,18H,6-7H2,1-2H3,(H,15,17). The Bertz CT molecular complexity index is 756. The van der Waals surface area contributed by atoms with Crippen molar-refractivity contribution in [3.8, 4) is 0 Å². The second kappa shape index (κ2) is 6.27. The molecule has 0 fully saturated rings. The number of benzene rings is 1. The fraction of sp³-hybridized carbons (Fsp3) is 0.308. The van der Waals surface area contributed by atoms with E-state index in [1.54, 1.807) is 19.2 Å². The average Bonchev–Trinajstić information content (AvgIpc) is 2.84. The van der Waals surface area contributed by atoms with E-state index in [2.05, 4.69) is 30.8 Å². The van der Waals surface area contributed by atoms with Crippen LogP contribution in [-0.4, -0.2) is 23.7 Å². The van der Waals surface area contributed by atoms with E-state index in [0.29, 0.717) is 15.6 Å². The van der Waals surface area contributed by atoms with Crippen molar-refractivity contribution >= 4 is 26.0 Å². The third kappa shape index (κ3) is 3.52. The Morgan fingerprint density at radius 1 is 1.38 bits per heavy atom. The smallest absolute Gasteiger partial charge is 0.241 e. The minimum atomic E-state index is -3.67. The Kier molecular flexibility index (Phi) is 4.82. The molecule has 0 unspecified atom stereocenters. The van der Waals surface area contributed by atoms with Crippen LogP contribution >= 0.6 is 15.9 Å². The van der Waals surface area contributed by atoms with Crippen LogP contribution in [0.3, 0.4) is 0 Å². The van der Waals surface area contributed by atoms with Gasteiger partial charge in [0.05, 0.1) is 17.7 Å². The summed E-state index contributed by atoms with van der Waals surface area (Å²) in [5.74, 6) is 0. The summed E-state index contributed by atoms with van der Waals surface area (Å²) in [5.41, 5.74) is 2.74. The second-order valence-electron chi connectivity index (χ2n) is 4.70. The molecular weight excluding hydrogens is 358 g/mol. The van der Waals surface area contributed by atoms with Crippen LogP contribution in [0.15, 0.2) is 27.7 Å². The molecule has 1 aromatic heterocycles. The summed E-state index contributed by atoms with van der Waals surface area (Å²) >= 11 is 3.31. The Morgan fingerprint density at radius 3 is 2.67 bits per heavy atom. The zero-order chi connectivity index (χ0) is 15.6. The van der Waals surface area contributed by atoms with E-state index in [9.17, 15) is 13.5 Å². The van der Waals surface area contributed by atoms with E-state index >= 15 is 0 Å². The number of aliphatic hydroxyl groups is 1. The summed E-state index contributed by atoms with van der Waals surface area (Å²) in [5, 5.41) is 15.8. The van der Waals surface area contributed by atoms with Crippen LogP contribution in [0.2, 0.25) is 0 Å². The molecule has 6 nitrogen and oxygen atoms in total. The third-order valence-corrected chi connectivity index (χ3v) is 5.57. The summed E-state index contributed by atoms with van der Waals surface area (Å²) in [6, 6.07) is 3.18. The third-order valence-electron chi connectivity index (χ3n) is 3.22. The molecule has 0 saturated carbocycles. The van der Waals surface area contributed by atoms with E-state index < -0.39 is 10.0 Å². The highest BCUT2D eigenvalue weighted by Gasteiger charge is 2.19. The van der Waals surface area contributed by atoms with Gasteiger partial charge in [-0.2, -0.15) is 5.10 Å². The van der Waals surface area contributed by atoms with Gasteiger partial charge in [0.15, 0.2) is 0 Å². The Balaban J connectivity index is 2.31. The van der Waals surface area contributed by atoms with Crippen molar-refractivity contribution < 1.29 is 13.5 Å². The molecule has 0 spiro atoms. The summed E-state index contributed by atoms with van der Waals surface area (Å²) in [6.45, 7) is 3.47. The van der Waals surface area contributed by atoms with Crippen LogP contribution in [0, 0.1) is 13.8 Å². The van der Waals surface area contributed by atoms with Crippen LogP contribution in [-0.2, 0) is 23.2 Å². The van der Waals surface area contributed by atoms with E-state index in [0.717, 1.165) is 11.3 Å². The quantitative estimate of drug-likeness (QED) is 0.743. The monoisotopic (exact) mass is 373 g/mol. The van der Waals surface area contributed by atoms with Gasteiger partial charge >= 0.3 is 0 Å². The van der Waals surface area contributed by atoms with Gasteiger partial charge in [-0.25, -0.2) is 13.1 Å². The number of aromatic nitrogens is 2. The van der Waals surface area contributed by atoms with Crippen molar-refractivity contribution in [3.63, 3.8) is 0 Å². The topological polar surface area (TPSA) is 95.1 Å². The first-order valence-electron chi connectivity index (χ1n) is 6.23. The molecule has 114 valence electrons. The minimum Gasteiger partial charge on any atom is -0.392 e. The Morgan fingerprint density at radius 2 is 2.10 bits per heavy atom. The van der Waals surface area contributed by atoms with E-state index in [1.807, 2.05) is 6.92 Å². The normalized spacial score (nSPS) is 11.8. The summed E-state index contributed by atoms with van der Waals surface area (Å²) in [4.78, 5) is 0.155. The first-order chi connectivity index (χ1) is 9.85. The van der Waals surface area contributed by atoms with Gasteiger partial charge in [0.2, 0.25) is 10.0 Å². The molecule has 0 bridgehead atoms. The van der Waals surface area contributed by atoms with Crippen LogP contribution in [0.25, 0.3) is 0 Å². The van der Waals surface area contributed by atoms with Crippen molar-refractivity contribution in [2.75, 3.05) is 0 Å². The van der Waals surface area contributed by atoms with Gasteiger partial charge in [-0.05, 0) is 37.1 Å². The molecule has 1 aromatic carbocycles. The van der Waals surface area contributed by atoms with Crippen molar-refractivity contribution in [1.82, 2.24) is 14.9 Å². The maximum atomic E-state index is 12.4. The van der Waals surface area contributed by atoms with Gasteiger partial charge in [0, 0.05) is 22.3 Å². The molecule has 0 aliphatic heterocycles. The SMILES string of the molecule is Cc1[nH]ncc1CNS(=O)(=O)c1cc(CO)cc(Br)c1C. The molecule has 3 N–H and O–H groups in total. The van der Waals surface area contributed by atoms with Crippen molar-refractivity contribution in [2.45, 2.75) is 31.9 Å². The largest absolute Gasteiger partial charge is 0.392 e. The minimum absolute atomic E-state index is 0.155. The highest BCUT2D eigenvalue weighted by Crippen LogP contribution is 2.26. The lowest BCUT2D eigenvalue weighted by Crippen LogP contribution is -2.24. The number of rotatable bonds is 5. The number of hydrogen-bond donors (Lipinski definition) is 3. The molecule has 0 saturated heterocycles. The first-order valence-corrected chi connectivity index (χ1v) is 8.51. The Hall–Kier alpha value is -1.22. The van der Waals surface area contributed by atoms with Crippen molar-refractivity contribution in [2.24, 2.45) is 0 Å². The number of sulfonamides is 1. The molecule has 0 radical (unpaired) electrons. The van der Waals surface area contributed by atoms with Gasteiger partial charge in [-0.3, -0.25) is 5.10 Å². The highest BCUT2D eigenvalue weighted by atomic mass is 79.9. The maximum absolute atomic E-state index is 12.4. The van der Waals surface area contributed by atoms with Crippen molar-refractivity contribution in [1.29, 1.82) is 0 Å². The average molecular weight is 374 g/mol. The molecule has 0 atom stereocenters. The molecule has 2 aromatic rings. The number of aromatic amines is 1. The Labute approximate surface area is 131 Å². The fourth-order valence-corrected chi connectivity index (χ4v) is 3.84. The lowest BCUT2D eigenvalue weighted by atomic mass is 10.2. The number of H-pyrrole nitrogens is 1. The molecular formula is C13H16BrN3O3S. The van der Waals surface area contributed by atoms with Gasteiger partial charge in [-0.1, -0.05) is 15.9 Å². The van der Waals surface area contributed by atoms with Gasteiger partial charge in [-0.15, -0.1) is 0 Å².